The van der Waals surface area contributed by atoms with Crippen molar-refractivity contribution in [3.05, 3.63) is 16.0 Å². The number of esters is 2. The number of hydrogen-bond donors (Lipinski definition) is 3. The van der Waals surface area contributed by atoms with Gasteiger partial charge in [-0.25, -0.2) is 15.0 Å². The lowest BCUT2D eigenvalue weighted by Gasteiger charge is -2.11. The summed E-state index contributed by atoms with van der Waals surface area (Å²) in [4.78, 5) is 49.2. The first-order valence-electron chi connectivity index (χ1n) is 9.11. The lowest BCUT2D eigenvalue weighted by atomic mass is 9.95. The number of carbonyl (C=O) groups is 4. The van der Waals surface area contributed by atoms with Gasteiger partial charge in [-0.15, -0.1) is 11.3 Å². The molecule has 0 bridgehead atoms. The number of hydrazone groups is 1. The minimum absolute atomic E-state index is 0.0488. The van der Waals surface area contributed by atoms with Crippen molar-refractivity contribution >= 4 is 51.5 Å². The molecular weight excluding hydrogens is 416 g/mol. The van der Waals surface area contributed by atoms with Gasteiger partial charge in [-0.05, 0) is 45.1 Å². The zero-order valence-corrected chi connectivity index (χ0v) is 17.6. The lowest BCUT2D eigenvalue weighted by Crippen LogP contribution is -2.34. The SMILES string of the molecule is CCOC(=O)C(=NO)C(C)=NNC(=O)C(=O)Nc1sc2c(c1C(=O)OC)CCCC2. The standard InChI is InChI=1S/C18H22N4O7S/c1-4-29-18(26)13(22-27)9(2)20-21-15(24)14(23)19-16-12(17(25)28-3)10-7-5-6-8-11(10)30-16/h27H,4-8H2,1-3H3,(H,19,23)(H,21,24). The molecule has 0 saturated carbocycles. The van der Waals surface area contributed by atoms with Gasteiger partial charge in [0.25, 0.3) is 0 Å². The van der Waals surface area contributed by atoms with E-state index in [9.17, 15) is 19.2 Å². The maximum absolute atomic E-state index is 12.3. The van der Waals surface area contributed by atoms with Crippen LogP contribution in [0.2, 0.25) is 0 Å². The number of carbonyl (C=O) groups excluding carboxylic acids is 4. The number of rotatable bonds is 6. The predicted molar refractivity (Wildman–Crippen MR) is 108 cm³/mol. The monoisotopic (exact) mass is 438 g/mol. The van der Waals surface area contributed by atoms with Crippen LogP contribution in [0.5, 0.6) is 0 Å². The van der Waals surface area contributed by atoms with Crippen molar-refractivity contribution in [1.29, 1.82) is 0 Å². The number of nitrogens with one attached hydrogen (secondary N) is 2. The van der Waals surface area contributed by atoms with Crippen molar-refractivity contribution < 1.29 is 33.9 Å². The highest BCUT2D eigenvalue weighted by molar-refractivity contribution is 7.17. The maximum Gasteiger partial charge on any atom is 0.362 e. The van der Waals surface area contributed by atoms with E-state index >= 15 is 0 Å². The Morgan fingerprint density at radius 3 is 2.50 bits per heavy atom. The molecule has 2 rings (SSSR count). The first kappa shape index (κ1) is 23.0. The van der Waals surface area contributed by atoms with Gasteiger partial charge < -0.3 is 20.0 Å². The van der Waals surface area contributed by atoms with Crippen LogP contribution in [0.15, 0.2) is 10.3 Å². The Morgan fingerprint density at radius 2 is 1.87 bits per heavy atom. The summed E-state index contributed by atoms with van der Waals surface area (Å²) in [6.07, 6.45) is 3.38. The molecule has 0 aromatic carbocycles. The van der Waals surface area contributed by atoms with Gasteiger partial charge in [0.2, 0.25) is 5.71 Å². The number of nitrogens with zero attached hydrogens (tertiary/aromatic N) is 2. The second kappa shape index (κ2) is 10.5. The Kier molecular flexibility index (Phi) is 8.04. The minimum atomic E-state index is -1.14. The van der Waals surface area contributed by atoms with E-state index in [1.165, 1.54) is 25.4 Å². The molecule has 11 nitrogen and oxygen atoms in total. The molecule has 1 heterocycles. The highest BCUT2D eigenvalue weighted by Crippen LogP contribution is 2.38. The van der Waals surface area contributed by atoms with E-state index in [1.807, 2.05) is 5.43 Å². The highest BCUT2D eigenvalue weighted by atomic mass is 32.1. The molecule has 0 aliphatic heterocycles. The van der Waals surface area contributed by atoms with Crippen LogP contribution < -0.4 is 10.7 Å². The first-order valence-corrected chi connectivity index (χ1v) is 9.93. The summed E-state index contributed by atoms with van der Waals surface area (Å²) in [6.45, 7) is 2.90. The summed E-state index contributed by atoms with van der Waals surface area (Å²) in [6, 6.07) is 0. The van der Waals surface area contributed by atoms with E-state index in [0.29, 0.717) is 6.42 Å². The number of thiophene rings is 1. The van der Waals surface area contributed by atoms with E-state index in [1.54, 1.807) is 6.92 Å². The number of oxime groups is 1. The third-order valence-electron chi connectivity index (χ3n) is 4.23. The molecule has 0 fully saturated rings. The van der Waals surface area contributed by atoms with E-state index in [0.717, 1.165) is 29.7 Å². The van der Waals surface area contributed by atoms with Gasteiger partial charge in [0, 0.05) is 4.88 Å². The van der Waals surface area contributed by atoms with Crippen LogP contribution in [0.4, 0.5) is 5.00 Å². The quantitative estimate of drug-likeness (QED) is 0.198. The number of anilines is 1. The van der Waals surface area contributed by atoms with Crippen molar-refractivity contribution in [2.75, 3.05) is 19.0 Å². The number of amides is 2. The minimum Gasteiger partial charge on any atom is -0.465 e. The van der Waals surface area contributed by atoms with Crippen LogP contribution in [0, 0.1) is 0 Å². The molecule has 1 aromatic heterocycles. The average molecular weight is 438 g/mol. The van der Waals surface area contributed by atoms with Gasteiger partial charge >= 0.3 is 23.8 Å². The Morgan fingerprint density at radius 1 is 1.17 bits per heavy atom. The van der Waals surface area contributed by atoms with Crippen LogP contribution in [-0.4, -0.2) is 54.1 Å². The fourth-order valence-corrected chi connectivity index (χ4v) is 4.10. The fourth-order valence-electron chi connectivity index (χ4n) is 2.83. The zero-order valence-electron chi connectivity index (χ0n) is 16.7. The second-order valence-corrected chi connectivity index (χ2v) is 7.27. The van der Waals surface area contributed by atoms with Gasteiger partial charge in [0.15, 0.2) is 0 Å². The molecule has 0 spiro atoms. The van der Waals surface area contributed by atoms with Gasteiger partial charge in [-0.2, -0.15) is 5.10 Å². The maximum atomic E-state index is 12.3. The Bertz CT molecular complexity index is 920. The smallest absolute Gasteiger partial charge is 0.362 e. The van der Waals surface area contributed by atoms with Crippen molar-refractivity contribution in [1.82, 2.24) is 5.43 Å². The van der Waals surface area contributed by atoms with E-state index < -0.39 is 29.5 Å². The summed E-state index contributed by atoms with van der Waals surface area (Å²) in [5.41, 5.74) is 2.37. The summed E-state index contributed by atoms with van der Waals surface area (Å²) >= 11 is 1.23. The van der Waals surface area contributed by atoms with E-state index in [-0.39, 0.29) is 22.9 Å². The zero-order chi connectivity index (χ0) is 22.3. The molecule has 2 amide bonds. The molecule has 1 aromatic rings. The largest absolute Gasteiger partial charge is 0.465 e. The van der Waals surface area contributed by atoms with Gasteiger partial charge in [0.1, 0.15) is 5.00 Å². The molecular formula is C18H22N4O7S. The molecule has 12 heteroatoms. The van der Waals surface area contributed by atoms with Crippen LogP contribution >= 0.6 is 11.3 Å². The molecule has 0 saturated heterocycles. The summed E-state index contributed by atoms with van der Waals surface area (Å²) in [5.74, 6) is -3.73. The van der Waals surface area contributed by atoms with Crippen molar-refractivity contribution in [3.8, 4) is 0 Å². The average Bonchev–Trinajstić information content (AvgIpc) is 3.09. The van der Waals surface area contributed by atoms with Crippen LogP contribution in [0.25, 0.3) is 0 Å². The van der Waals surface area contributed by atoms with E-state index in [4.69, 9.17) is 14.7 Å². The Labute approximate surface area is 176 Å². The molecule has 1 aliphatic rings. The van der Waals surface area contributed by atoms with E-state index in [2.05, 4.69) is 15.6 Å². The summed E-state index contributed by atoms with van der Waals surface area (Å²) in [5, 5.41) is 17.9. The highest BCUT2D eigenvalue weighted by Gasteiger charge is 2.28. The van der Waals surface area contributed by atoms with Gasteiger partial charge in [0.05, 0.1) is 25.0 Å². The Hall–Kier alpha value is -3.28. The van der Waals surface area contributed by atoms with Crippen molar-refractivity contribution in [2.24, 2.45) is 10.3 Å². The van der Waals surface area contributed by atoms with Gasteiger partial charge in [-0.1, -0.05) is 5.16 Å². The second-order valence-electron chi connectivity index (χ2n) is 6.17. The Balaban J connectivity index is 2.13. The molecule has 0 radical (unpaired) electrons. The van der Waals surface area contributed by atoms with Crippen molar-refractivity contribution in [2.45, 2.75) is 39.5 Å². The molecule has 3 N–H and O–H groups in total. The molecule has 0 unspecified atom stereocenters. The number of methoxy groups -OCH3 is 1. The summed E-state index contributed by atoms with van der Waals surface area (Å²) in [7, 11) is 1.24. The molecule has 162 valence electrons. The molecule has 0 atom stereocenters. The topological polar surface area (TPSA) is 156 Å². The number of ether oxygens (including phenoxy) is 2. The van der Waals surface area contributed by atoms with Gasteiger partial charge in [-0.3, -0.25) is 9.59 Å². The first-order chi connectivity index (χ1) is 14.3. The van der Waals surface area contributed by atoms with Crippen molar-refractivity contribution in [3.63, 3.8) is 0 Å². The van der Waals surface area contributed by atoms with Crippen LogP contribution in [-0.2, 0) is 36.7 Å². The van der Waals surface area contributed by atoms with Crippen LogP contribution in [0.1, 0.15) is 47.5 Å². The third-order valence-corrected chi connectivity index (χ3v) is 5.44. The lowest BCUT2D eigenvalue weighted by molar-refractivity contribution is -0.136. The summed E-state index contributed by atoms with van der Waals surface area (Å²) < 4.78 is 9.51. The third kappa shape index (κ3) is 5.20. The molecule has 1 aliphatic carbocycles. The fraction of sp³-hybridized carbons (Fsp3) is 0.444. The number of aryl methyl sites for hydroxylation is 1. The molecule has 30 heavy (non-hydrogen) atoms. The van der Waals surface area contributed by atoms with Crippen LogP contribution in [0.3, 0.4) is 0 Å². The predicted octanol–water partition coefficient (Wildman–Crippen LogP) is 1.24. The number of fused-ring (bicyclic) bond motifs is 1. The normalized spacial score (nSPS) is 13.8. The number of hydrogen-bond acceptors (Lipinski definition) is 10.